The molecule has 1 fully saturated rings. The maximum atomic E-state index is 12.6. The summed E-state index contributed by atoms with van der Waals surface area (Å²) in [5.41, 5.74) is -0.0316. The minimum Gasteiger partial charge on any atom is -0.465 e. The van der Waals surface area contributed by atoms with E-state index in [-0.39, 0.29) is 27.4 Å². The maximum Gasteiger partial charge on any atom is 0.339 e. The summed E-state index contributed by atoms with van der Waals surface area (Å²) in [6, 6.07) is 3.84. The van der Waals surface area contributed by atoms with Crippen LogP contribution >= 0.6 is 11.6 Å². The lowest BCUT2D eigenvalue weighted by Gasteiger charge is -2.30. The number of carbonyl (C=O) groups is 1. The summed E-state index contributed by atoms with van der Waals surface area (Å²) in [6.07, 6.45) is 0.882. The first-order valence-corrected chi connectivity index (χ1v) is 8.82. The van der Waals surface area contributed by atoms with Gasteiger partial charge in [0.15, 0.2) is 0 Å². The highest BCUT2D eigenvalue weighted by Gasteiger charge is 2.29. The van der Waals surface area contributed by atoms with Gasteiger partial charge in [-0.25, -0.2) is 17.9 Å². The van der Waals surface area contributed by atoms with Crippen LogP contribution in [0.1, 0.15) is 23.7 Å². The predicted molar refractivity (Wildman–Crippen MR) is 83.6 cm³/mol. The molecule has 2 N–H and O–H groups in total. The number of nitrogens with one attached hydrogen (secondary N) is 2. The van der Waals surface area contributed by atoms with Gasteiger partial charge in [-0.1, -0.05) is 18.5 Å². The van der Waals surface area contributed by atoms with Crippen LogP contribution in [0.4, 0.5) is 0 Å². The molecule has 8 heteroatoms. The molecule has 0 amide bonds. The summed E-state index contributed by atoms with van der Waals surface area (Å²) < 4.78 is 32.6. The largest absolute Gasteiger partial charge is 0.465 e. The van der Waals surface area contributed by atoms with E-state index in [0.29, 0.717) is 6.54 Å². The third kappa shape index (κ3) is 3.78. The standard InChI is InChI=1S/C14H19ClN2O4S/c1-9-5-6-16-8-12(9)17-22(19,20)13-7-10(15)3-4-11(13)14(18)21-2/h3-4,7,9,12,16-17H,5-6,8H2,1-2H3. The number of rotatable bonds is 4. The fraction of sp³-hybridized carbons (Fsp3) is 0.500. The number of benzene rings is 1. The Morgan fingerprint density at radius 3 is 2.82 bits per heavy atom. The average molecular weight is 347 g/mol. The number of esters is 1. The molecule has 1 aliphatic heterocycles. The zero-order valence-corrected chi connectivity index (χ0v) is 14.0. The van der Waals surface area contributed by atoms with Crippen molar-refractivity contribution in [3.63, 3.8) is 0 Å². The molecule has 0 spiro atoms. The van der Waals surface area contributed by atoms with Crippen molar-refractivity contribution in [1.29, 1.82) is 0 Å². The zero-order chi connectivity index (χ0) is 16.3. The van der Waals surface area contributed by atoms with Crippen molar-refractivity contribution in [3.8, 4) is 0 Å². The van der Waals surface area contributed by atoms with Gasteiger partial charge in [0.2, 0.25) is 10.0 Å². The summed E-state index contributed by atoms with van der Waals surface area (Å²) in [5, 5.41) is 3.39. The first-order valence-electron chi connectivity index (χ1n) is 6.96. The molecule has 1 heterocycles. The van der Waals surface area contributed by atoms with Gasteiger partial charge in [0, 0.05) is 17.6 Å². The van der Waals surface area contributed by atoms with Gasteiger partial charge in [-0.15, -0.1) is 0 Å². The second-order valence-corrected chi connectivity index (χ2v) is 7.45. The van der Waals surface area contributed by atoms with E-state index in [4.69, 9.17) is 11.6 Å². The van der Waals surface area contributed by atoms with Gasteiger partial charge in [-0.3, -0.25) is 0 Å². The minimum atomic E-state index is -3.88. The molecule has 0 aromatic heterocycles. The molecule has 1 aliphatic rings. The van der Waals surface area contributed by atoms with Gasteiger partial charge in [-0.2, -0.15) is 0 Å². The number of carbonyl (C=O) groups excluding carboxylic acids is 1. The summed E-state index contributed by atoms with van der Waals surface area (Å²) in [5.74, 6) is -0.511. The molecule has 0 saturated carbocycles. The first-order chi connectivity index (χ1) is 10.3. The van der Waals surface area contributed by atoms with E-state index in [0.717, 1.165) is 13.0 Å². The van der Waals surface area contributed by atoms with E-state index < -0.39 is 16.0 Å². The Labute approximate surface area is 135 Å². The molecule has 122 valence electrons. The molecule has 1 saturated heterocycles. The molecule has 1 aromatic carbocycles. The summed E-state index contributed by atoms with van der Waals surface area (Å²) in [6.45, 7) is 3.41. The van der Waals surface area contributed by atoms with Crippen LogP contribution in [0.3, 0.4) is 0 Å². The van der Waals surface area contributed by atoms with E-state index in [1.54, 1.807) is 0 Å². The van der Waals surface area contributed by atoms with Gasteiger partial charge in [-0.05, 0) is 37.1 Å². The molecular weight excluding hydrogens is 328 g/mol. The Morgan fingerprint density at radius 1 is 1.45 bits per heavy atom. The van der Waals surface area contributed by atoms with Crippen molar-refractivity contribution in [3.05, 3.63) is 28.8 Å². The van der Waals surface area contributed by atoms with Gasteiger partial charge in [0.1, 0.15) is 0 Å². The van der Waals surface area contributed by atoms with E-state index in [9.17, 15) is 13.2 Å². The highest BCUT2D eigenvalue weighted by Crippen LogP contribution is 2.23. The van der Waals surface area contributed by atoms with Crippen molar-refractivity contribution in [2.45, 2.75) is 24.3 Å². The van der Waals surface area contributed by atoms with Crippen LogP contribution in [-0.2, 0) is 14.8 Å². The molecule has 6 nitrogen and oxygen atoms in total. The Balaban J connectivity index is 2.36. The van der Waals surface area contributed by atoms with Gasteiger partial charge in [0.05, 0.1) is 17.6 Å². The lowest BCUT2D eigenvalue weighted by molar-refractivity contribution is 0.0596. The summed E-state index contributed by atoms with van der Waals surface area (Å²) in [7, 11) is -2.67. The summed E-state index contributed by atoms with van der Waals surface area (Å²) in [4.78, 5) is 11.6. The number of hydrogen-bond donors (Lipinski definition) is 2. The van der Waals surface area contributed by atoms with Crippen molar-refractivity contribution in [2.75, 3.05) is 20.2 Å². The molecule has 22 heavy (non-hydrogen) atoms. The summed E-state index contributed by atoms with van der Waals surface area (Å²) >= 11 is 5.89. The number of hydrogen-bond acceptors (Lipinski definition) is 5. The Hall–Kier alpha value is -1.15. The van der Waals surface area contributed by atoms with Crippen LogP contribution in [0.15, 0.2) is 23.1 Å². The molecule has 2 atom stereocenters. The lowest BCUT2D eigenvalue weighted by atomic mass is 9.96. The van der Waals surface area contributed by atoms with Crippen molar-refractivity contribution in [1.82, 2.24) is 10.0 Å². The Morgan fingerprint density at radius 2 is 2.18 bits per heavy atom. The predicted octanol–water partition coefficient (Wildman–Crippen LogP) is 1.40. The van der Waals surface area contributed by atoms with Crippen LogP contribution in [0.25, 0.3) is 0 Å². The maximum absolute atomic E-state index is 12.6. The SMILES string of the molecule is COC(=O)c1ccc(Cl)cc1S(=O)(=O)NC1CNCCC1C. The monoisotopic (exact) mass is 346 g/mol. The third-order valence-electron chi connectivity index (χ3n) is 3.77. The molecule has 2 rings (SSSR count). The Kier molecular flexibility index (Phi) is 5.44. The molecule has 2 unspecified atom stereocenters. The number of methoxy groups -OCH3 is 1. The van der Waals surface area contributed by atoms with Crippen LogP contribution in [0, 0.1) is 5.92 Å². The fourth-order valence-corrected chi connectivity index (χ4v) is 4.21. The van der Waals surface area contributed by atoms with E-state index in [1.165, 1.54) is 25.3 Å². The van der Waals surface area contributed by atoms with Crippen LogP contribution in [0.2, 0.25) is 5.02 Å². The van der Waals surface area contributed by atoms with E-state index in [1.807, 2.05) is 6.92 Å². The zero-order valence-electron chi connectivity index (χ0n) is 12.4. The second kappa shape index (κ2) is 6.95. The number of halogens is 1. The Bertz CT molecular complexity index is 663. The normalized spacial score (nSPS) is 22.3. The molecule has 1 aromatic rings. The van der Waals surface area contributed by atoms with Crippen molar-refractivity contribution >= 4 is 27.6 Å². The highest BCUT2D eigenvalue weighted by molar-refractivity contribution is 7.89. The van der Waals surface area contributed by atoms with Gasteiger partial charge >= 0.3 is 5.97 Å². The number of piperidine rings is 1. The van der Waals surface area contributed by atoms with Crippen LogP contribution in [0.5, 0.6) is 0 Å². The first kappa shape index (κ1) is 17.2. The van der Waals surface area contributed by atoms with Gasteiger partial charge in [0.25, 0.3) is 0 Å². The van der Waals surface area contributed by atoms with E-state index in [2.05, 4.69) is 14.8 Å². The molecular formula is C14H19ClN2O4S. The quantitative estimate of drug-likeness (QED) is 0.805. The molecule has 0 aliphatic carbocycles. The average Bonchev–Trinajstić information content (AvgIpc) is 2.48. The van der Waals surface area contributed by atoms with Crippen LogP contribution < -0.4 is 10.0 Å². The van der Waals surface area contributed by atoms with E-state index >= 15 is 0 Å². The highest BCUT2D eigenvalue weighted by atomic mass is 35.5. The number of sulfonamides is 1. The van der Waals surface area contributed by atoms with Crippen LogP contribution in [-0.4, -0.2) is 40.6 Å². The molecule has 0 bridgehead atoms. The minimum absolute atomic E-state index is 0.0316. The third-order valence-corrected chi connectivity index (χ3v) is 5.54. The van der Waals surface area contributed by atoms with Crippen molar-refractivity contribution in [2.24, 2.45) is 5.92 Å². The smallest absolute Gasteiger partial charge is 0.339 e. The second-order valence-electron chi connectivity index (χ2n) is 5.33. The molecule has 0 radical (unpaired) electrons. The lowest BCUT2D eigenvalue weighted by Crippen LogP contribution is -2.50. The topological polar surface area (TPSA) is 84.5 Å². The number of ether oxygens (including phenoxy) is 1. The van der Waals surface area contributed by atoms with Crippen molar-refractivity contribution < 1.29 is 17.9 Å². The van der Waals surface area contributed by atoms with Gasteiger partial charge < -0.3 is 10.1 Å². The fourth-order valence-electron chi connectivity index (χ4n) is 2.41.